The van der Waals surface area contributed by atoms with Crippen LogP contribution in [-0.2, 0) is 0 Å². The van der Waals surface area contributed by atoms with Crippen LogP contribution in [0.15, 0.2) is 47.3 Å². The molecule has 0 amide bonds. The van der Waals surface area contributed by atoms with E-state index < -0.39 is 0 Å². The van der Waals surface area contributed by atoms with Crippen molar-refractivity contribution in [3.8, 4) is 0 Å². The molecule has 0 fully saturated rings. The molecule has 2 heteroatoms. The van der Waals surface area contributed by atoms with Gasteiger partial charge < -0.3 is 0 Å². The highest BCUT2D eigenvalue weighted by Crippen LogP contribution is 2.18. The summed E-state index contributed by atoms with van der Waals surface area (Å²) in [5, 5.41) is 2.01. The van der Waals surface area contributed by atoms with Gasteiger partial charge in [-0.15, -0.1) is 11.8 Å². The molecule has 0 aromatic carbocycles. The first-order valence-corrected chi connectivity index (χ1v) is 5.74. The van der Waals surface area contributed by atoms with E-state index in [9.17, 15) is 0 Å². The molecule has 0 aromatic heterocycles. The molecule has 14 heavy (non-hydrogen) atoms. The highest BCUT2D eigenvalue weighted by molar-refractivity contribution is 8.05. The molecule has 0 aromatic rings. The first-order valence-electron chi connectivity index (χ1n) is 4.45. The molecular weight excluding hydrogens is 208 g/mol. The van der Waals surface area contributed by atoms with Gasteiger partial charge in [-0.05, 0) is 29.0 Å². The Morgan fingerprint density at radius 3 is 2.50 bits per heavy atom. The van der Waals surface area contributed by atoms with Gasteiger partial charge in [-0.3, -0.25) is 0 Å². The molecule has 0 N–H and O–H groups in total. The van der Waals surface area contributed by atoms with Crippen LogP contribution in [0.25, 0.3) is 0 Å². The van der Waals surface area contributed by atoms with Crippen molar-refractivity contribution in [2.75, 3.05) is 0 Å². The topological polar surface area (TPSA) is 0 Å². The number of thioether (sulfide) groups is 1. The van der Waals surface area contributed by atoms with Crippen molar-refractivity contribution in [1.29, 1.82) is 0 Å². The summed E-state index contributed by atoms with van der Waals surface area (Å²) in [5.41, 5.74) is 0. The Morgan fingerprint density at radius 1 is 1.29 bits per heavy atom. The Hall–Kier alpha value is -0.600. The molecule has 0 nitrogen and oxygen atoms in total. The lowest BCUT2D eigenvalue weighted by Gasteiger charge is -1.97. The van der Waals surface area contributed by atoms with Gasteiger partial charge in [0.15, 0.2) is 0 Å². The highest BCUT2D eigenvalue weighted by Gasteiger charge is 1.92. The third-order valence-corrected chi connectivity index (χ3v) is 2.20. The summed E-state index contributed by atoms with van der Waals surface area (Å²) in [7, 11) is 0. The summed E-state index contributed by atoms with van der Waals surface area (Å²) >= 11 is 6.61. The minimum atomic E-state index is 0.822. The Morgan fingerprint density at radius 2 is 1.93 bits per heavy atom. The van der Waals surface area contributed by atoms with E-state index in [0.29, 0.717) is 0 Å². The van der Waals surface area contributed by atoms with Crippen LogP contribution in [0, 0.1) is 0 Å². The maximum absolute atomic E-state index is 4.99. The fourth-order valence-electron chi connectivity index (χ4n) is 0.740. The van der Waals surface area contributed by atoms with Crippen molar-refractivity contribution in [2.45, 2.75) is 20.3 Å². The maximum Gasteiger partial charge on any atom is 0.00929 e. The van der Waals surface area contributed by atoms with E-state index in [2.05, 4.69) is 6.58 Å². The molecule has 0 spiro atoms. The predicted molar refractivity (Wildman–Crippen MR) is 72.7 cm³/mol. The highest BCUT2D eigenvalue weighted by atomic mass is 32.2. The summed E-state index contributed by atoms with van der Waals surface area (Å²) in [6, 6.07) is 0. The Bertz CT molecular complexity index is 270. The van der Waals surface area contributed by atoms with Gasteiger partial charge in [0.25, 0.3) is 0 Å². The van der Waals surface area contributed by atoms with E-state index in [1.807, 2.05) is 49.6 Å². The van der Waals surface area contributed by atoms with Gasteiger partial charge >= 0.3 is 0 Å². The first-order chi connectivity index (χ1) is 6.66. The van der Waals surface area contributed by atoms with E-state index in [1.54, 1.807) is 11.8 Å². The van der Waals surface area contributed by atoms with Crippen molar-refractivity contribution in [3.63, 3.8) is 0 Å². The van der Waals surface area contributed by atoms with Crippen molar-refractivity contribution < 1.29 is 0 Å². The molecular formula is C12H16S2. The van der Waals surface area contributed by atoms with Gasteiger partial charge in [-0.2, -0.15) is 0 Å². The fraction of sp³-hybridized carbons (Fsp3) is 0.250. The molecule has 0 heterocycles. The SMILES string of the molecule is C=C(CC(C)=S)S/C=C/C=C\C=C\C. The van der Waals surface area contributed by atoms with E-state index in [0.717, 1.165) is 16.2 Å². The fourth-order valence-corrected chi connectivity index (χ4v) is 1.67. The predicted octanol–water partition coefficient (Wildman–Crippen LogP) is 4.66. The third kappa shape index (κ3) is 9.49. The Labute approximate surface area is 96.5 Å². The molecule has 0 rings (SSSR count). The summed E-state index contributed by atoms with van der Waals surface area (Å²) < 4.78 is 0. The van der Waals surface area contributed by atoms with Crippen LogP contribution >= 0.6 is 24.0 Å². The van der Waals surface area contributed by atoms with Crippen LogP contribution in [0.1, 0.15) is 20.3 Å². The zero-order chi connectivity index (χ0) is 10.8. The zero-order valence-corrected chi connectivity index (χ0v) is 10.3. The van der Waals surface area contributed by atoms with Gasteiger partial charge in [0.2, 0.25) is 0 Å². The molecule has 0 bridgehead atoms. The van der Waals surface area contributed by atoms with Crippen LogP contribution in [0.4, 0.5) is 0 Å². The lowest BCUT2D eigenvalue weighted by Crippen LogP contribution is -1.84. The second-order valence-corrected chi connectivity index (χ2v) is 4.56. The summed E-state index contributed by atoms with van der Waals surface area (Å²) in [5.74, 6) is 0. The normalized spacial score (nSPS) is 11.9. The zero-order valence-electron chi connectivity index (χ0n) is 8.69. The Kier molecular flexibility index (Phi) is 8.59. The molecule has 76 valence electrons. The molecule has 0 saturated carbocycles. The lowest BCUT2D eigenvalue weighted by molar-refractivity contribution is 1.48. The summed E-state index contributed by atoms with van der Waals surface area (Å²) in [6.45, 7) is 7.85. The van der Waals surface area contributed by atoms with Gasteiger partial charge in [-0.1, -0.05) is 49.2 Å². The van der Waals surface area contributed by atoms with Gasteiger partial charge in [0.1, 0.15) is 0 Å². The van der Waals surface area contributed by atoms with Crippen molar-refractivity contribution in [1.82, 2.24) is 0 Å². The molecule has 0 aliphatic heterocycles. The molecule has 0 aliphatic rings. The minimum Gasteiger partial charge on any atom is -0.103 e. The number of thiocarbonyl (C=S) groups is 1. The first kappa shape index (κ1) is 13.4. The van der Waals surface area contributed by atoms with Crippen LogP contribution in [0.2, 0.25) is 0 Å². The van der Waals surface area contributed by atoms with Crippen molar-refractivity contribution >= 4 is 28.8 Å². The number of rotatable bonds is 6. The summed E-state index contributed by atoms with van der Waals surface area (Å²) in [6.07, 6.45) is 10.8. The van der Waals surface area contributed by atoms with E-state index in [-0.39, 0.29) is 0 Å². The largest absolute Gasteiger partial charge is 0.103 e. The lowest BCUT2D eigenvalue weighted by atomic mass is 10.3. The van der Waals surface area contributed by atoms with Crippen molar-refractivity contribution in [3.05, 3.63) is 47.3 Å². The van der Waals surface area contributed by atoms with Crippen LogP contribution in [0.3, 0.4) is 0 Å². The Balaban J connectivity index is 3.71. The van der Waals surface area contributed by atoms with Crippen LogP contribution < -0.4 is 0 Å². The van der Waals surface area contributed by atoms with Gasteiger partial charge in [-0.25, -0.2) is 0 Å². The number of hydrogen-bond acceptors (Lipinski definition) is 2. The van der Waals surface area contributed by atoms with Crippen LogP contribution in [0.5, 0.6) is 0 Å². The van der Waals surface area contributed by atoms with Gasteiger partial charge in [0, 0.05) is 6.42 Å². The average Bonchev–Trinajstić information content (AvgIpc) is 2.10. The van der Waals surface area contributed by atoms with E-state index in [1.165, 1.54) is 0 Å². The minimum absolute atomic E-state index is 0.822. The second kappa shape index (κ2) is 8.97. The van der Waals surface area contributed by atoms with Crippen molar-refractivity contribution in [2.24, 2.45) is 0 Å². The van der Waals surface area contributed by atoms with E-state index in [4.69, 9.17) is 12.2 Å². The monoisotopic (exact) mass is 224 g/mol. The number of hydrogen-bond donors (Lipinski definition) is 0. The summed E-state index contributed by atoms with van der Waals surface area (Å²) in [4.78, 5) is 2.08. The maximum atomic E-state index is 4.99. The molecule has 0 unspecified atom stereocenters. The second-order valence-electron chi connectivity index (χ2n) is 2.77. The quantitative estimate of drug-likeness (QED) is 0.475. The number of allylic oxidation sites excluding steroid dienone is 6. The molecule has 0 aliphatic carbocycles. The third-order valence-electron chi connectivity index (χ3n) is 1.29. The van der Waals surface area contributed by atoms with Gasteiger partial charge in [0.05, 0.1) is 0 Å². The average molecular weight is 224 g/mol. The van der Waals surface area contributed by atoms with E-state index >= 15 is 0 Å². The molecule has 0 atom stereocenters. The molecule has 0 saturated heterocycles. The van der Waals surface area contributed by atoms with Crippen LogP contribution in [-0.4, -0.2) is 4.86 Å². The standard InChI is InChI=1S/C12H16S2/c1-4-5-6-7-8-9-14-12(3)10-11(2)13/h4-9H,3,10H2,1-2H3/b5-4+,7-6-,9-8+. The molecule has 0 radical (unpaired) electrons. The smallest absolute Gasteiger partial charge is 0.00929 e.